The Hall–Kier alpha value is -0.810. The number of nitriles is 1. The average molecular weight is 137 g/mol. The molecule has 0 aromatic carbocycles. The van der Waals surface area contributed by atoms with Gasteiger partial charge < -0.3 is 5.11 Å². The molecule has 2 nitrogen and oxygen atoms in total. The fourth-order valence-electron chi connectivity index (χ4n) is 1.13. The highest BCUT2D eigenvalue weighted by molar-refractivity contribution is 5.04. The first-order valence-electron chi connectivity index (χ1n) is 3.48. The predicted molar refractivity (Wildman–Crippen MR) is 38.0 cm³/mol. The van der Waals surface area contributed by atoms with Crippen LogP contribution < -0.4 is 0 Å². The number of hydrogen-bond acceptors (Lipinski definition) is 2. The predicted octanol–water partition coefficient (Wildman–Crippen LogP) is 1.08. The fourth-order valence-corrected chi connectivity index (χ4v) is 1.13. The zero-order valence-corrected chi connectivity index (χ0v) is 5.83. The fraction of sp³-hybridized carbons (Fsp3) is 0.625. The van der Waals surface area contributed by atoms with E-state index in [0.717, 1.165) is 6.42 Å². The quantitative estimate of drug-likeness (QED) is 0.591. The SMILES string of the molecule is C=CC[C@@H](O)C1C[C@H]1C#N. The molecule has 54 valence electrons. The van der Waals surface area contributed by atoms with Gasteiger partial charge in [0, 0.05) is 5.92 Å². The number of nitrogens with zero attached hydrogens (tertiary/aromatic N) is 1. The summed E-state index contributed by atoms with van der Waals surface area (Å²) in [4.78, 5) is 0. The Bertz CT molecular complexity index is 171. The Labute approximate surface area is 60.8 Å². The molecule has 1 fully saturated rings. The van der Waals surface area contributed by atoms with Gasteiger partial charge in [-0.05, 0) is 12.8 Å². The number of aliphatic hydroxyl groups is 1. The second kappa shape index (κ2) is 2.85. The minimum Gasteiger partial charge on any atom is -0.392 e. The lowest BCUT2D eigenvalue weighted by molar-refractivity contribution is 0.151. The molecule has 0 amide bonds. The van der Waals surface area contributed by atoms with Crippen molar-refractivity contribution < 1.29 is 5.11 Å². The van der Waals surface area contributed by atoms with Crippen LogP contribution in [0.2, 0.25) is 0 Å². The van der Waals surface area contributed by atoms with Gasteiger partial charge in [-0.15, -0.1) is 6.58 Å². The van der Waals surface area contributed by atoms with Crippen molar-refractivity contribution in [2.45, 2.75) is 18.9 Å². The lowest BCUT2D eigenvalue weighted by atomic mass is 10.1. The summed E-state index contributed by atoms with van der Waals surface area (Å²) in [6.45, 7) is 3.52. The van der Waals surface area contributed by atoms with Crippen LogP contribution in [0.5, 0.6) is 0 Å². The van der Waals surface area contributed by atoms with E-state index in [2.05, 4.69) is 12.6 Å². The molecule has 1 saturated carbocycles. The molecule has 1 unspecified atom stereocenters. The van der Waals surface area contributed by atoms with Crippen molar-refractivity contribution in [1.29, 1.82) is 5.26 Å². The summed E-state index contributed by atoms with van der Waals surface area (Å²) in [7, 11) is 0. The van der Waals surface area contributed by atoms with Gasteiger partial charge in [0.15, 0.2) is 0 Å². The van der Waals surface area contributed by atoms with E-state index < -0.39 is 0 Å². The molecule has 1 rings (SSSR count). The van der Waals surface area contributed by atoms with E-state index >= 15 is 0 Å². The molecule has 1 aliphatic rings. The largest absolute Gasteiger partial charge is 0.392 e. The van der Waals surface area contributed by atoms with Crippen LogP contribution in [0.3, 0.4) is 0 Å². The summed E-state index contributed by atoms with van der Waals surface area (Å²) in [5, 5.41) is 17.7. The van der Waals surface area contributed by atoms with E-state index in [0.29, 0.717) is 6.42 Å². The van der Waals surface area contributed by atoms with E-state index in [1.807, 2.05) is 0 Å². The van der Waals surface area contributed by atoms with Gasteiger partial charge in [0.05, 0.1) is 18.1 Å². The van der Waals surface area contributed by atoms with Crippen molar-refractivity contribution in [3.8, 4) is 6.07 Å². The van der Waals surface area contributed by atoms with Gasteiger partial charge in [-0.1, -0.05) is 6.08 Å². The van der Waals surface area contributed by atoms with E-state index in [4.69, 9.17) is 5.26 Å². The Morgan fingerprint density at radius 1 is 1.90 bits per heavy atom. The molecule has 0 bridgehead atoms. The molecule has 0 saturated heterocycles. The topological polar surface area (TPSA) is 44.0 Å². The van der Waals surface area contributed by atoms with Crippen LogP contribution in [0.15, 0.2) is 12.7 Å². The highest BCUT2D eigenvalue weighted by Gasteiger charge is 2.41. The normalized spacial score (nSPS) is 32.4. The van der Waals surface area contributed by atoms with Crippen molar-refractivity contribution in [3.63, 3.8) is 0 Å². The molecular formula is C8H11NO. The lowest BCUT2D eigenvalue weighted by Crippen LogP contribution is -2.08. The molecule has 0 aliphatic heterocycles. The van der Waals surface area contributed by atoms with Gasteiger partial charge in [0.25, 0.3) is 0 Å². The lowest BCUT2D eigenvalue weighted by Gasteiger charge is -2.03. The summed E-state index contributed by atoms with van der Waals surface area (Å²) >= 11 is 0. The van der Waals surface area contributed by atoms with Crippen molar-refractivity contribution in [1.82, 2.24) is 0 Å². The first-order chi connectivity index (χ1) is 4.79. The standard InChI is InChI=1S/C8H11NO/c1-2-3-8(10)7-4-6(7)5-9/h2,6-8,10H,1,3-4H2/t6-,7?,8+/m0/s1. The van der Waals surface area contributed by atoms with E-state index in [-0.39, 0.29) is 17.9 Å². The maximum atomic E-state index is 9.27. The first kappa shape index (κ1) is 7.30. The summed E-state index contributed by atoms with van der Waals surface area (Å²) in [6, 6.07) is 2.13. The highest BCUT2D eigenvalue weighted by atomic mass is 16.3. The maximum absolute atomic E-state index is 9.27. The summed E-state index contributed by atoms with van der Waals surface area (Å²) in [6.07, 6.45) is 2.84. The molecule has 2 heteroatoms. The van der Waals surface area contributed by atoms with Crippen LogP contribution in [0.4, 0.5) is 0 Å². The van der Waals surface area contributed by atoms with Crippen LogP contribution in [-0.2, 0) is 0 Å². The molecule has 0 heterocycles. The van der Waals surface area contributed by atoms with Crippen LogP contribution in [0, 0.1) is 23.2 Å². The van der Waals surface area contributed by atoms with E-state index in [1.54, 1.807) is 6.08 Å². The summed E-state index contributed by atoms with van der Waals surface area (Å²) in [5.41, 5.74) is 0. The molecule has 3 atom stereocenters. The highest BCUT2D eigenvalue weighted by Crippen LogP contribution is 2.41. The van der Waals surface area contributed by atoms with Gasteiger partial charge in [0.1, 0.15) is 0 Å². The molecule has 0 aromatic rings. The number of aliphatic hydroxyl groups excluding tert-OH is 1. The maximum Gasteiger partial charge on any atom is 0.0659 e. The minimum atomic E-state index is -0.331. The van der Waals surface area contributed by atoms with Crippen LogP contribution in [0.1, 0.15) is 12.8 Å². The van der Waals surface area contributed by atoms with E-state index in [1.165, 1.54) is 0 Å². The molecule has 0 spiro atoms. The summed E-state index contributed by atoms with van der Waals surface area (Å²) in [5.74, 6) is 0.331. The third-order valence-electron chi connectivity index (χ3n) is 1.91. The van der Waals surface area contributed by atoms with Gasteiger partial charge in [-0.25, -0.2) is 0 Å². The minimum absolute atomic E-state index is 0.106. The van der Waals surface area contributed by atoms with Gasteiger partial charge >= 0.3 is 0 Å². The molecule has 0 aromatic heterocycles. The van der Waals surface area contributed by atoms with Crippen molar-refractivity contribution in [2.24, 2.45) is 11.8 Å². The number of rotatable bonds is 3. The van der Waals surface area contributed by atoms with Gasteiger partial charge in [-0.2, -0.15) is 5.26 Å². The Balaban J connectivity index is 2.26. The van der Waals surface area contributed by atoms with Crippen molar-refractivity contribution in [3.05, 3.63) is 12.7 Å². The van der Waals surface area contributed by atoms with Crippen LogP contribution >= 0.6 is 0 Å². The molecule has 1 aliphatic carbocycles. The monoisotopic (exact) mass is 137 g/mol. The van der Waals surface area contributed by atoms with Crippen molar-refractivity contribution in [2.75, 3.05) is 0 Å². The summed E-state index contributed by atoms with van der Waals surface area (Å²) < 4.78 is 0. The molecule has 0 radical (unpaired) electrons. The smallest absolute Gasteiger partial charge is 0.0659 e. The Morgan fingerprint density at radius 2 is 2.60 bits per heavy atom. The van der Waals surface area contributed by atoms with Gasteiger partial charge in [-0.3, -0.25) is 0 Å². The first-order valence-corrected chi connectivity index (χ1v) is 3.48. The average Bonchev–Trinajstić information content (AvgIpc) is 2.66. The third-order valence-corrected chi connectivity index (χ3v) is 1.91. The van der Waals surface area contributed by atoms with Gasteiger partial charge in [0.2, 0.25) is 0 Å². The molecular weight excluding hydrogens is 126 g/mol. The van der Waals surface area contributed by atoms with E-state index in [9.17, 15) is 5.11 Å². The molecule has 10 heavy (non-hydrogen) atoms. The molecule has 1 N–H and O–H groups in total. The Morgan fingerprint density at radius 3 is 3.00 bits per heavy atom. The van der Waals surface area contributed by atoms with Crippen LogP contribution in [0.25, 0.3) is 0 Å². The van der Waals surface area contributed by atoms with Crippen molar-refractivity contribution >= 4 is 0 Å². The van der Waals surface area contributed by atoms with Crippen LogP contribution in [-0.4, -0.2) is 11.2 Å². The Kier molecular flexibility index (Phi) is 2.08. The zero-order valence-electron chi connectivity index (χ0n) is 5.83. The zero-order chi connectivity index (χ0) is 7.56. The second-order valence-electron chi connectivity index (χ2n) is 2.73. The third kappa shape index (κ3) is 1.37. The second-order valence-corrected chi connectivity index (χ2v) is 2.73. The number of hydrogen-bond donors (Lipinski definition) is 1.